The fourth-order valence-electron chi connectivity index (χ4n) is 4.38. The Kier molecular flexibility index (Phi) is 12.5. The molecule has 0 unspecified atom stereocenters. The molecule has 10 nitrogen and oxygen atoms in total. The molecule has 0 atom stereocenters. The molecule has 1 aromatic heterocycles. The highest BCUT2D eigenvalue weighted by molar-refractivity contribution is 7.17. The number of amides is 4. The molecule has 2 aromatic carbocycles. The van der Waals surface area contributed by atoms with E-state index in [0.717, 1.165) is 46.8 Å². The van der Waals surface area contributed by atoms with E-state index in [4.69, 9.17) is 0 Å². The molecule has 0 aliphatic carbocycles. The van der Waals surface area contributed by atoms with Gasteiger partial charge in [0.1, 0.15) is 0 Å². The maximum atomic E-state index is 13.0. The second-order valence-electron chi connectivity index (χ2n) is 10.5. The number of fused-ring (bicyclic) bond motifs is 3. The van der Waals surface area contributed by atoms with E-state index < -0.39 is 0 Å². The van der Waals surface area contributed by atoms with Crippen LogP contribution in [-0.4, -0.2) is 101 Å². The number of nitrogens with zero attached hydrogens (tertiary/aromatic N) is 2. The van der Waals surface area contributed by atoms with Crippen molar-refractivity contribution in [2.45, 2.75) is 25.7 Å². The summed E-state index contributed by atoms with van der Waals surface area (Å²) in [4.78, 5) is 54.1. The summed E-state index contributed by atoms with van der Waals surface area (Å²) in [7, 11) is 7.96. The third-order valence-electron chi connectivity index (χ3n) is 6.54. The summed E-state index contributed by atoms with van der Waals surface area (Å²) in [5, 5.41) is 16.0. The van der Waals surface area contributed by atoms with Crippen LogP contribution < -0.4 is 21.3 Å². The summed E-state index contributed by atoms with van der Waals surface area (Å²) in [6.45, 7) is 3.52. The van der Waals surface area contributed by atoms with Gasteiger partial charge in [0.2, 0.25) is 11.8 Å². The number of carbonyl (C=O) groups is 4. The second kappa shape index (κ2) is 16.0. The summed E-state index contributed by atoms with van der Waals surface area (Å²) in [6.07, 6.45) is 2.17. The lowest BCUT2D eigenvalue weighted by molar-refractivity contribution is -0.121. The lowest BCUT2D eigenvalue weighted by Gasteiger charge is -2.11. The summed E-state index contributed by atoms with van der Waals surface area (Å²) >= 11 is 1.46. The van der Waals surface area contributed by atoms with Crippen LogP contribution in [0.2, 0.25) is 0 Å². The molecule has 222 valence electrons. The number of hydrogen-bond donors (Lipinski definition) is 4. The number of nitrogens with one attached hydrogen (secondary N) is 4. The maximum Gasteiger partial charge on any atom is 0.252 e. The number of benzene rings is 2. The molecule has 0 spiro atoms. The second-order valence-corrected chi connectivity index (χ2v) is 11.5. The molecular formula is C30H42N6O4S. The predicted molar refractivity (Wildman–Crippen MR) is 166 cm³/mol. The van der Waals surface area contributed by atoms with E-state index in [9.17, 15) is 19.2 Å². The zero-order valence-corrected chi connectivity index (χ0v) is 25.3. The average Bonchev–Trinajstić information content (AvgIpc) is 3.43. The number of carbonyl (C=O) groups excluding carboxylic acids is 4. The zero-order chi connectivity index (χ0) is 29.8. The molecule has 1 heterocycles. The molecule has 0 radical (unpaired) electrons. The van der Waals surface area contributed by atoms with Gasteiger partial charge in [-0.3, -0.25) is 19.2 Å². The van der Waals surface area contributed by atoms with Gasteiger partial charge in [-0.1, -0.05) is 6.07 Å². The van der Waals surface area contributed by atoms with Crippen LogP contribution in [0.5, 0.6) is 0 Å². The van der Waals surface area contributed by atoms with Gasteiger partial charge in [-0.15, -0.1) is 11.3 Å². The third kappa shape index (κ3) is 10.1. The standard InChI is InChI=1S/C30H42N6O4S/c1-35(2)16-5-12-31-26(37)9-14-33-29(39)22-8-7-21-19-25(28-23(11-18-41-28)24(21)20-22)30(40)34-15-10-27(38)32-13-6-17-36(3)4/h7-8,11,18-20H,5-6,9-10,12-17H2,1-4H3,(H,31,37)(H,32,38)(H,33,39)(H,34,40). The molecular weight excluding hydrogens is 540 g/mol. The topological polar surface area (TPSA) is 123 Å². The van der Waals surface area contributed by atoms with E-state index in [1.54, 1.807) is 6.07 Å². The van der Waals surface area contributed by atoms with E-state index in [0.29, 0.717) is 24.2 Å². The van der Waals surface area contributed by atoms with E-state index >= 15 is 0 Å². The molecule has 0 aliphatic rings. The minimum Gasteiger partial charge on any atom is -0.356 e. The van der Waals surface area contributed by atoms with Crippen molar-refractivity contribution in [3.05, 3.63) is 46.8 Å². The van der Waals surface area contributed by atoms with Crippen LogP contribution in [0.3, 0.4) is 0 Å². The van der Waals surface area contributed by atoms with Gasteiger partial charge >= 0.3 is 0 Å². The van der Waals surface area contributed by atoms with Gasteiger partial charge in [0.05, 0.1) is 5.56 Å². The van der Waals surface area contributed by atoms with Crippen molar-refractivity contribution < 1.29 is 19.2 Å². The van der Waals surface area contributed by atoms with Gasteiger partial charge in [-0.2, -0.15) is 0 Å². The first-order valence-corrected chi connectivity index (χ1v) is 14.9. The fraction of sp³-hybridized carbons (Fsp3) is 0.467. The Bertz CT molecular complexity index is 1350. The van der Waals surface area contributed by atoms with Gasteiger partial charge in [-0.25, -0.2) is 0 Å². The molecule has 0 aliphatic heterocycles. The minimum atomic E-state index is -0.252. The summed E-state index contributed by atoms with van der Waals surface area (Å²) < 4.78 is 0.826. The molecule has 3 aromatic rings. The van der Waals surface area contributed by atoms with Crippen LogP contribution in [0.1, 0.15) is 46.4 Å². The minimum absolute atomic E-state index is 0.0877. The summed E-state index contributed by atoms with van der Waals surface area (Å²) in [6, 6.07) is 9.15. The van der Waals surface area contributed by atoms with Crippen LogP contribution in [0.15, 0.2) is 35.7 Å². The molecule has 0 saturated carbocycles. The first-order valence-electron chi connectivity index (χ1n) is 14.0. The Hall–Kier alpha value is -3.54. The van der Waals surface area contributed by atoms with Crippen molar-refractivity contribution in [3.8, 4) is 0 Å². The molecule has 4 amide bonds. The van der Waals surface area contributed by atoms with Crippen LogP contribution in [0.4, 0.5) is 0 Å². The van der Waals surface area contributed by atoms with Crippen LogP contribution >= 0.6 is 11.3 Å². The van der Waals surface area contributed by atoms with Gasteiger partial charge in [0.25, 0.3) is 11.8 Å². The van der Waals surface area contributed by atoms with Gasteiger partial charge in [0.15, 0.2) is 0 Å². The van der Waals surface area contributed by atoms with Crippen molar-refractivity contribution in [2.24, 2.45) is 0 Å². The Morgan fingerprint density at radius 2 is 1.27 bits per heavy atom. The van der Waals surface area contributed by atoms with Crippen molar-refractivity contribution in [1.29, 1.82) is 0 Å². The van der Waals surface area contributed by atoms with Gasteiger partial charge in [0, 0.05) is 54.7 Å². The van der Waals surface area contributed by atoms with E-state index in [2.05, 4.69) is 31.1 Å². The number of hydrogen-bond acceptors (Lipinski definition) is 7. The monoisotopic (exact) mass is 582 g/mol. The van der Waals surface area contributed by atoms with Crippen molar-refractivity contribution >= 4 is 55.8 Å². The molecule has 0 saturated heterocycles. The molecule has 4 N–H and O–H groups in total. The van der Waals surface area contributed by atoms with Crippen LogP contribution in [0.25, 0.3) is 20.9 Å². The van der Waals surface area contributed by atoms with Crippen LogP contribution in [-0.2, 0) is 9.59 Å². The quantitative estimate of drug-likeness (QED) is 0.193. The van der Waals surface area contributed by atoms with Crippen molar-refractivity contribution in [1.82, 2.24) is 31.1 Å². The van der Waals surface area contributed by atoms with E-state index in [-0.39, 0.29) is 49.6 Å². The van der Waals surface area contributed by atoms with Crippen LogP contribution in [0, 0.1) is 0 Å². The van der Waals surface area contributed by atoms with Crippen molar-refractivity contribution in [2.75, 3.05) is 67.5 Å². The fourth-order valence-corrected chi connectivity index (χ4v) is 5.30. The Balaban J connectivity index is 1.56. The lowest BCUT2D eigenvalue weighted by atomic mass is 10.00. The Labute approximate surface area is 245 Å². The molecule has 0 fully saturated rings. The Morgan fingerprint density at radius 1 is 0.683 bits per heavy atom. The highest BCUT2D eigenvalue weighted by Crippen LogP contribution is 2.33. The van der Waals surface area contributed by atoms with E-state index in [1.807, 2.05) is 57.8 Å². The number of rotatable bonds is 16. The third-order valence-corrected chi connectivity index (χ3v) is 7.49. The first kappa shape index (κ1) is 32.0. The maximum absolute atomic E-state index is 13.0. The van der Waals surface area contributed by atoms with Crippen molar-refractivity contribution in [3.63, 3.8) is 0 Å². The molecule has 11 heteroatoms. The smallest absolute Gasteiger partial charge is 0.252 e. The molecule has 41 heavy (non-hydrogen) atoms. The largest absolute Gasteiger partial charge is 0.356 e. The summed E-state index contributed by atoms with van der Waals surface area (Å²) in [5.74, 6) is -0.664. The molecule has 0 bridgehead atoms. The lowest BCUT2D eigenvalue weighted by Crippen LogP contribution is -2.32. The highest BCUT2D eigenvalue weighted by Gasteiger charge is 2.16. The predicted octanol–water partition coefficient (Wildman–Crippen LogP) is 2.43. The SMILES string of the molecule is CN(C)CCCNC(=O)CCNC(=O)c1ccc2cc(C(=O)NCCC(=O)NCCCN(C)C)c3sccc3c2c1. The number of thiophene rings is 1. The summed E-state index contributed by atoms with van der Waals surface area (Å²) in [5.41, 5.74) is 1.04. The average molecular weight is 583 g/mol. The normalized spacial score (nSPS) is 11.3. The van der Waals surface area contributed by atoms with Gasteiger partial charge < -0.3 is 31.1 Å². The zero-order valence-electron chi connectivity index (χ0n) is 24.5. The van der Waals surface area contributed by atoms with E-state index in [1.165, 1.54) is 11.3 Å². The molecule has 3 rings (SSSR count). The highest BCUT2D eigenvalue weighted by atomic mass is 32.1. The Morgan fingerprint density at radius 3 is 1.85 bits per heavy atom. The first-order chi connectivity index (χ1) is 19.7. The van der Waals surface area contributed by atoms with Gasteiger partial charge in [-0.05, 0) is 94.5 Å².